The molecule has 2 heterocycles. The molecule has 3 N–H and O–H groups in total. The highest BCUT2D eigenvalue weighted by molar-refractivity contribution is 7.99. The van der Waals surface area contributed by atoms with Crippen molar-refractivity contribution in [2.75, 3.05) is 5.75 Å². The van der Waals surface area contributed by atoms with Crippen LogP contribution in [0.4, 0.5) is 0 Å². The lowest BCUT2D eigenvalue weighted by Crippen LogP contribution is -2.31. The number of aliphatic hydroxyl groups is 1. The third kappa shape index (κ3) is 9.44. The number of hydrogen-bond donors (Lipinski definition) is 3. The van der Waals surface area contributed by atoms with E-state index in [1.165, 1.54) is 11.8 Å². The number of amides is 1. The Morgan fingerprint density at radius 2 is 1.60 bits per heavy atom. The number of unbranched alkanes of at least 4 members (excludes halogenated alkanes) is 2. The molecule has 12 heteroatoms. The summed E-state index contributed by atoms with van der Waals surface area (Å²) >= 11 is 1.52. The van der Waals surface area contributed by atoms with Crippen LogP contribution in [-0.4, -0.2) is 54.2 Å². The number of aromatic nitrogens is 4. The van der Waals surface area contributed by atoms with Gasteiger partial charge >= 0.3 is 5.97 Å². The number of aliphatic carboxylic acids is 1. The average molecular weight is 632 g/mol. The predicted molar refractivity (Wildman–Crippen MR) is 167 cm³/mol. The summed E-state index contributed by atoms with van der Waals surface area (Å²) < 4.78 is 14.6. The van der Waals surface area contributed by atoms with Gasteiger partial charge in [0.2, 0.25) is 11.1 Å². The number of thioether (sulfide) groups is 1. The Morgan fingerprint density at radius 1 is 0.889 bits per heavy atom. The molecular formula is C33H37N5O6S. The molecule has 1 amide bonds. The Labute approximate surface area is 266 Å². The third-order valence-electron chi connectivity index (χ3n) is 7.49. The summed E-state index contributed by atoms with van der Waals surface area (Å²) in [6.07, 6.45) is 2.11. The van der Waals surface area contributed by atoms with Gasteiger partial charge in [-0.1, -0.05) is 84.9 Å². The van der Waals surface area contributed by atoms with E-state index < -0.39 is 12.3 Å². The van der Waals surface area contributed by atoms with E-state index in [0.717, 1.165) is 27.9 Å². The van der Waals surface area contributed by atoms with Crippen LogP contribution in [0, 0.1) is 0 Å². The number of tetrazole rings is 1. The lowest BCUT2D eigenvalue weighted by Gasteiger charge is -2.36. The topological polar surface area (TPSA) is 149 Å². The number of hydrogen-bond acceptors (Lipinski definition) is 9. The van der Waals surface area contributed by atoms with Crippen molar-refractivity contribution >= 4 is 23.6 Å². The van der Waals surface area contributed by atoms with Crippen LogP contribution in [0.25, 0.3) is 5.69 Å². The standard InChI is InChI=1S/C33H37N5O6S/c39-21-24-13-15-25(16-14-24)29-19-28(22-45-33-35-36-37-38(33)27-7-3-1-4-8-27)43-32(44-29)26-17-11-23(12-18-26)20-34-30(40)9-5-2-6-10-31(41)42/h1,3-4,7-8,11-18,28-29,32,39H,2,5-6,9-10,19-22H2,(H,34,40)(H,41,42)/t28-,29+,32+/m1/s1. The molecule has 45 heavy (non-hydrogen) atoms. The SMILES string of the molecule is O=C(O)CCCCCC(=O)NCc1ccc([C@H]2O[C@@H](CSc3nnnn3-c3ccccc3)C[C@@H](c3ccc(CO)cc3)O2)cc1. The van der Waals surface area contributed by atoms with Gasteiger partial charge in [0.15, 0.2) is 6.29 Å². The number of carbonyl (C=O) groups excluding carboxylic acids is 1. The predicted octanol–water partition coefficient (Wildman–Crippen LogP) is 5.14. The Kier molecular flexibility index (Phi) is 11.7. The van der Waals surface area contributed by atoms with E-state index in [1.807, 2.05) is 78.9 Å². The second-order valence-electron chi connectivity index (χ2n) is 10.8. The second kappa shape index (κ2) is 16.3. The lowest BCUT2D eigenvalue weighted by molar-refractivity contribution is -0.245. The zero-order chi connectivity index (χ0) is 31.4. The van der Waals surface area contributed by atoms with Crippen LogP contribution >= 0.6 is 11.8 Å². The molecule has 1 saturated heterocycles. The van der Waals surface area contributed by atoms with Gasteiger partial charge in [0.05, 0.1) is 24.5 Å². The fraction of sp³-hybridized carbons (Fsp3) is 0.364. The van der Waals surface area contributed by atoms with Crippen molar-refractivity contribution in [3.8, 4) is 5.69 Å². The average Bonchev–Trinajstić information content (AvgIpc) is 3.55. The zero-order valence-corrected chi connectivity index (χ0v) is 25.6. The number of ether oxygens (including phenoxy) is 2. The van der Waals surface area contributed by atoms with Gasteiger partial charge in [-0.3, -0.25) is 9.59 Å². The van der Waals surface area contributed by atoms with Gasteiger partial charge in [0, 0.05) is 37.1 Å². The minimum Gasteiger partial charge on any atom is -0.481 e. The van der Waals surface area contributed by atoms with Crippen LogP contribution in [0.5, 0.6) is 0 Å². The molecule has 0 unspecified atom stereocenters. The molecule has 1 aromatic heterocycles. The van der Waals surface area contributed by atoms with Crippen molar-refractivity contribution in [3.63, 3.8) is 0 Å². The summed E-state index contributed by atoms with van der Waals surface area (Å²) in [5, 5.41) is 34.1. The smallest absolute Gasteiger partial charge is 0.303 e. The molecule has 236 valence electrons. The Balaban J connectivity index is 1.21. The minimum absolute atomic E-state index is 0.0213. The molecule has 1 aliphatic heterocycles. The van der Waals surface area contributed by atoms with E-state index >= 15 is 0 Å². The quantitative estimate of drug-likeness (QED) is 0.119. The second-order valence-corrected chi connectivity index (χ2v) is 11.8. The number of nitrogens with zero attached hydrogens (tertiary/aromatic N) is 4. The van der Waals surface area contributed by atoms with Gasteiger partial charge in [-0.2, -0.15) is 4.68 Å². The Hall–Kier alpha value is -4.10. The number of para-hydroxylation sites is 1. The van der Waals surface area contributed by atoms with E-state index in [2.05, 4.69) is 20.8 Å². The largest absolute Gasteiger partial charge is 0.481 e. The van der Waals surface area contributed by atoms with Crippen LogP contribution in [0.3, 0.4) is 0 Å². The van der Waals surface area contributed by atoms with Gasteiger partial charge in [-0.25, -0.2) is 0 Å². The Morgan fingerprint density at radius 3 is 2.33 bits per heavy atom. The highest BCUT2D eigenvalue weighted by atomic mass is 32.2. The molecule has 0 radical (unpaired) electrons. The molecule has 0 saturated carbocycles. The summed E-state index contributed by atoms with van der Waals surface area (Å²) in [7, 11) is 0. The monoisotopic (exact) mass is 631 g/mol. The van der Waals surface area contributed by atoms with Gasteiger partial charge in [0.1, 0.15) is 0 Å². The first-order chi connectivity index (χ1) is 22.0. The normalized spacial score (nSPS) is 18.0. The minimum atomic E-state index is -0.810. The van der Waals surface area contributed by atoms with Crippen molar-refractivity contribution in [2.45, 2.75) is 75.3 Å². The maximum absolute atomic E-state index is 12.2. The molecular weight excluding hydrogens is 594 g/mol. The molecule has 3 aromatic carbocycles. The number of carboxylic acid groups (broad SMARTS) is 1. The molecule has 1 fully saturated rings. The first-order valence-electron chi connectivity index (χ1n) is 15.0. The number of nitrogens with one attached hydrogen (secondary N) is 1. The molecule has 3 atom stereocenters. The summed E-state index contributed by atoms with van der Waals surface area (Å²) in [5.74, 6) is -0.254. The van der Waals surface area contributed by atoms with E-state index in [1.54, 1.807) is 4.68 Å². The van der Waals surface area contributed by atoms with E-state index in [9.17, 15) is 14.7 Å². The molecule has 0 aliphatic carbocycles. The number of aliphatic hydroxyl groups excluding tert-OH is 1. The van der Waals surface area contributed by atoms with Crippen molar-refractivity contribution in [1.29, 1.82) is 0 Å². The van der Waals surface area contributed by atoms with Crippen molar-refractivity contribution in [3.05, 3.63) is 101 Å². The highest BCUT2D eigenvalue weighted by Gasteiger charge is 2.32. The summed E-state index contributed by atoms with van der Waals surface area (Å²) in [5.41, 5.74) is 4.54. The summed E-state index contributed by atoms with van der Waals surface area (Å²) in [6, 6.07) is 25.3. The summed E-state index contributed by atoms with van der Waals surface area (Å²) in [6.45, 7) is 0.377. The zero-order valence-electron chi connectivity index (χ0n) is 24.8. The van der Waals surface area contributed by atoms with Gasteiger partial charge in [-0.15, -0.1) is 5.10 Å². The fourth-order valence-corrected chi connectivity index (χ4v) is 5.92. The van der Waals surface area contributed by atoms with Crippen LogP contribution in [-0.2, 0) is 32.2 Å². The molecule has 1 aliphatic rings. The summed E-state index contributed by atoms with van der Waals surface area (Å²) in [4.78, 5) is 22.8. The van der Waals surface area contributed by atoms with Crippen molar-refractivity contribution < 1.29 is 29.3 Å². The maximum Gasteiger partial charge on any atom is 0.303 e. The fourth-order valence-electron chi connectivity index (χ4n) is 5.01. The molecule has 11 nitrogen and oxygen atoms in total. The molecule has 0 spiro atoms. The number of rotatable bonds is 15. The molecule has 0 bridgehead atoms. The van der Waals surface area contributed by atoms with Gasteiger partial charge in [-0.05, 0) is 52.1 Å². The van der Waals surface area contributed by atoms with Crippen molar-refractivity contribution in [2.24, 2.45) is 0 Å². The molecule has 4 aromatic rings. The van der Waals surface area contributed by atoms with Gasteiger partial charge in [0.25, 0.3) is 0 Å². The van der Waals surface area contributed by atoms with Crippen molar-refractivity contribution in [1.82, 2.24) is 25.5 Å². The number of carbonyl (C=O) groups is 2. The van der Waals surface area contributed by atoms with Gasteiger partial charge < -0.3 is 25.0 Å². The molecule has 5 rings (SSSR count). The van der Waals surface area contributed by atoms with Crippen LogP contribution in [0.2, 0.25) is 0 Å². The number of carboxylic acids is 1. The Bertz CT molecular complexity index is 1520. The van der Waals surface area contributed by atoms with E-state index in [-0.39, 0.29) is 31.1 Å². The van der Waals surface area contributed by atoms with Crippen LogP contribution in [0.1, 0.15) is 73.2 Å². The first-order valence-corrected chi connectivity index (χ1v) is 16.0. The first kappa shape index (κ1) is 32.3. The highest BCUT2D eigenvalue weighted by Crippen LogP contribution is 2.39. The lowest BCUT2D eigenvalue weighted by atomic mass is 10.0. The van der Waals surface area contributed by atoms with E-state index in [0.29, 0.717) is 49.6 Å². The number of benzene rings is 3. The maximum atomic E-state index is 12.2. The third-order valence-corrected chi connectivity index (χ3v) is 8.54. The van der Waals surface area contributed by atoms with Crippen LogP contribution < -0.4 is 5.32 Å². The van der Waals surface area contributed by atoms with E-state index in [4.69, 9.17) is 14.6 Å². The van der Waals surface area contributed by atoms with Crippen LogP contribution in [0.15, 0.2) is 84.0 Å².